The zero-order valence-corrected chi connectivity index (χ0v) is 19.3. The highest BCUT2D eigenvalue weighted by atomic mass is 16.2. The summed E-state index contributed by atoms with van der Waals surface area (Å²) in [6, 6.07) is 16.0. The molecule has 2 aromatic rings. The third kappa shape index (κ3) is 4.81. The van der Waals surface area contributed by atoms with E-state index < -0.39 is 24.0 Å². The van der Waals surface area contributed by atoms with Gasteiger partial charge in [-0.3, -0.25) is 19.3 Å². The van der Waals surface area contributed by atoms with Gasteiger partial charge in [0, 0.05) is 6.54 Å². The van der Waals surface area contributed by atoms with E-state index in [-0.39, 0.29) is 17.7 Å². The second-order valence-electron chi connectivity index (χ2n) is 9.02. The van der Waals surface area contributed by atoms with Gasteiger partial charge in [-0.15, -0.1) is 0 Å². The first-order valence-electron chi connectivity index (χ1n) is 11.8. The number of imide groups is 1. The average molecular weight is 463 g/mol. The zero-order chi connectivity index (χ0) is 24.1. The van der Waals surface area contributed by atoms with E-state index in [4.69, 9.17) is 0 Å². The number of nitrogens with one attached hydrogen (secondary N) is 3. The first-order valence-corrected chi connectivity index (χ1v) is 11.8. The molecule has 4 rings (SSSR count). The summed E-state index contributed by atoms with van der Waals surface area (Å²) in [5.74, 6) is -1.16. The number of nitrogens with zero attached hydrogens (tertiary/aromatic N) is 1. The molecular formula is C26H30N4O4. The molecule has 2 aromatic carbocycles. The van der Waals surface area contributed by atoms with Crippen molar-refractivity contribution < 1.29 is 19.2 Å². The number of rotatable bonds is 7. The summed E-state index contributed by atoms with van der Waals surface area (Å²) in [6.45, 7) is 2.02. The van der Waals surface area contributed by atoms with E-state index in [0.717, 1.165) is 29.7 Å². The van der Waals surface area contributed by atoms with Gasteiger partial charge in [0.15, 0.2) is 0 Å². The Balaban J connectivity index is 1.37. The van der Waals surface area contributed by atoms with Crippen molar-refractivity contribution in [2.45, 2.75) is 44.6 Å². The van der Waals surface area contributed by atoms with Gasteiger partial charge in [0.1, 0.15) is 12.1 Å². The predicted molar refractivity (Wildman–Crippen MR) is 128 cm³/mol. The number of carbonyl (C=O) groups is 4. The number of para-hydroxylation sites is 1. The third-order valence-electron chi connectivity index (χ3n) is 6.79. The fourth-order valence-corrected chi connectivity index (χ4v) is 4.82. The second kappa shape index (κ2) is 10.1. The summed E-state index contributed by atoms with van der Waals surface area (Å²) in [7, 11) is 0. The van der Waals surface area contributed by atoms with Crippen LogP contribution in [0.4, 0.5) is 10.5 Å². The minimum Gasteiger partial charge on any atom is -0.352 e. The van der Waals surface area contributed by atoms with E-state index >= 15 is 0 Å². The van der Waals surface area contributed by atoms with Crippen LogP contribution in [0.1, 0.15) is 48.5 Å². The first-order chi connectivity index (χ1) is 16.4. The normalized spacial score (nSPS) is 21.9. The highest BCUT2D eigenvalue weighted by Crippen LogP contribution is 2.38. The van der Waals surface area contributed by atoms with E-state index in [1.165, 1.54) is 0 Å². The van der Waals surface area contributed by atoms with Crippen LogP contribution in [-0.2, 0) is 16.0 Å². The van der Waals surface area contributed by atoms with Gasteiger partial charge in [-0.1, -0.05) is 62.2 Å². The minimum absolute atomic E-state index is 0.0195. The smallest absolute Gasteiger partial charge is 0.325 e. The molecule has 1 saturated heterocycles. The zero-order valence-electron chi connectivity index (χ0n) is 19.3. The molecule has 1 aliphatic heterocycles. The van der Waals surface area contributed by atoms with Gasteiger partial charge in [-0.25, -0.2) is 4.79 Å². The van der Waals surface area contributed by atoms with Crippen LogP contribution in [0.25, 0.3) is 0 Å². The van der Waals surface area contributed by atoms with E-state index in [2.05, 4.69) is 16.0 Å². The number of anilines is 1. The largest absolute Gasteiger partial charge is 0.352 e. The highest BCUT2D eigenvalue weighted by Gasteiger charge is 2.55. The maximum atomic E-state index is 13.1. The van der Waals surface area contributed by atoms with Crippen LogP contribution >= 0.6 is 0 Å². The fourth-order valence-electron chi connectivity index (χ4n) is 4.82. The van der Waals surface area contributed by atoms with Crippen LogP contribution in [-0.4, -0.2) is 47.3 Å². The predicted octanol–water partition coefficient (Wildman–Crippen LogP) is 3.10. The van der Waals surface area contributed by atoms with Gasteiger partial charge in [-0.05, 0) is 42.9 Å². The Kier molecular flexibility index (Phi) is 6.95. The maximum Gasteiger partial charge on any atom is 0.325 e. The summed E-state index contributed by atoms with van der Waals surface area (Å²) in [5.41, 5.74) is 0.852. The number of hydrogen-bond donors (Lipinski definition) is 3. The Morgan fingerprint density at radius 1 is 1.06 bits per heavy atom. The van der Waals surface area contributed by atoms with Gasteiger partial charge in [0.2, 0.25) is 5.91 Å². The molecular weight excluding hydrogens is 432 g/mol. The SMILES string of the molecule is C[C@@H]1CCCC[C@]12NC(=O)N(CC(=O)Nc1ccccc1C(=O)NCCc1ccccc1)C2=O. The van der Waals surface area contributed by atoms with Crippen molar-refractivity contribution in [3.63, 3.8) is 0 Å². The fraction of sp³-hybridized carbons (Fsp3) is 0.385. The quantitative estimate of drug-likeness (QED) is 0.550. The van der Waals surface area contributed by atoms with Crippen molar-refractivity contribution >= 4 is 29.4 Å². The molecule has 0 aromatic heterocycles. The summed E-state index contributed by atoms with van der Waals surface area (Å²) in [4.78, 5) is 52.1. The molecule has 2 atom stereocenters. The van der Waals surface area contributed by atoms with E-state index in [1.807, 2.05) is 37.3 Å². The second-order valence-corrected chi connectivity index (χ2v) is 9.02. The van der Waals surface area contributed by atoms with Crippen molar-refractivity contribution in [3.05, 3.63) is 65.7 Å². The number of benzene rings is 2. The molecule has 1 aliphatic carbocycles. The van der Waals surface area contributed by atoms with E-state index in [0.29, 0.717) is 30.6 Å². The molecule has 2 aliphatic rings. The molecule has 2 fully saturated rings. The molecule has 8 nitrogen and oxygen atoms in total. The monoisotopic (exact) mass is 462 g/mol. The standard InChI is InChI=1S/C26H30N4O4/c1-18-9-7-8-15-26(18)24(33)30(25(34)29-26)17-22(31)28-21-13-6-5-12-20(21)23(32)27-16-14-19-10-3-2-4-11-19/h2-6,10-13,18H,7-9,14-17H2,1H3,(H,27,32)(H,28,31)(H,29,34)/t18-,26+/m1/s1. The molecule has 3 N–H and O–H groups in total. The lowest BCUT2D eigenvalue weighted by atomic mass is 9.73. The van der Waals surface area contributed by atoms with Crippen LogP contribution in [0.5, 0.6) is 0 Å². The summed E-state index contributed by atoms with van der Waals surface area (Å²) >= 11 is 0. The minimum atomic E-state index is -0.911. The lowest BCUT2D eigenvalue weighted by molar-refractivity contribution is -0.136. The molecule has 34 heavy (non-hydrogen) atoms. The Hall–Kier alpha value is -3.68. The third-order valence-corrected chi connectivity index (χ3v) is 6.79. The summed E-state index contributed by atoms with van der Waals surface area (Å²) < 4.78 is 0. The number of urea groups is 1. The van der Waals surface area contributed by atoms with Crippen LogP contribution in [0.2, 0.25) is 0 Å². The van der Waals surface area contributed by atoms with Crippen molar-refractivity contribution in [1.82, 2.24) is 15.5 Å². The molecule has 1 saturated carbocycles. The van der Waals surface area contributed by atoms with Gasteiger partial charge < -0.3 is 16.0 Å². The molecule has 0 radical (unpaired) electrons. The summed E-state index contributed by atoms with van der Waals surface area (Å²) in [5, 5.41) is 8.42. The average Bonchev–Trinajstić information content (AvgIpc) is 3.06. The Bertz CT molecular complexity index is 1090. The number of amides is 5. The highest BCUT2D eigenvalue weighted by molar-refractivity contribution is 6.11. The molecule has 178 valence electrons. The summed E-state index contributed by atoms with van der Waals surface area (Å²) in [6.07, 6.45) is 4.02. The number of hydrogen-bond acceptors (Lipinski definition) is 4. The van der Waals surface area contributed by atoms with Crippen molar-refractivity contribution in [2.75, 3.05) is 18.4 Å². The lowest BCUT2D eigenvalue weighted by Crippen LogP contribution is -2.54. The van der Waals surface area contributed by atoms with Crippen LogP contribution in [0.3, 0.4) is 0 Å². The van der Waals surface area contributed by atoms with Gasteiger partial charge >= 0.3 is 6.03 Å². The molecule has 0 unspecified atom stereocenters. The first kappa shape index (κ1) is 23.5. The van der Waals surface area contributed by atoms with Crippen LogP contribution < -0.4 is 16.0 Å². The van der Waals surface area contributed by atoms with Crippen LogP contribution in [0.15, 0.2) is 54.6 Å². The van der Waals surface area contributed by atoms with Crippen molar-refractivity contribution in [3.8, 4) is 0 Å². The van der Waals surface area contributed by atoms with E-state index in [1.54, 1.807) is 24.3 Å². The van der Waals surface area contributed by atoms with Gasteiger partial charge in [0.05, 0.1) is 11.3 Å². The topological polar surface area (TPSA) is 108 Å². The van der Waals surface area contributed by atoms with Crippen molar-refractivity contribution in [2.24, 2.45) is 5.92 Å². The van der Waals surface area contributed by atoms with Crippen molar-refractivity contribution in [1.29, 1.82) is 0 Å². The van der Waals surface area contributed by atoms with Gasteiger partial charge in [-0.2, -0.15) is 0 Å². The van der Waals surface area contributed by atoms with Gasteiger partial charge in [0.25, 0.3) is 11.8 Å². The number of carbonyl (C=O) groups excluding carboxylic acids is 4. The lowest BCUT2D eigenvalue weighted by Gasteiger charge is -2.36. The molecule has 0 bridgehead atoms. The molecule has 1 spiro atoms. The van der Waals surface area contributed by atoms with E-state index in [9.17, 15) is 19.2 Å². The maximum absolute atomic E-state index is 13.1. The van der Waals surface area contributed by atoms with Crippen LogP contribution in [0, 0.1) is 5.92 Å². The Labute approximate surface area is 199 Å². The Morgan fingerprint density at radius 2 is 1.79 bits per heavy atom. The Morgan fingerprint density at radius 3 is 2.56 bits per heavy atom. The molecule has 5 amide bonds. The molecule has 8 heteroatoms. The molecule has 1 heterocycles.